The fourth-order valence-electron chi connectivity index (χ4n) is 3.69. The minimum Gasteiger partial charge on any atom is -0.484 e. The summed E-state index contributed by atoms with van der Waals surface area (Å²) in [6.45, 7) is 5.85. The molecule has 5 nitrogen and oxygen atoms in total. The summed E-state index contributed by atoms with van der Waals surface area (Å²) in [5, 5.41) is 3.98. The van der Waals surface area contributed by atoms with Crippen molar-refractivity contribution in [1.29, 1.82) is 0 Å². The van der Waals surface area contributed by atoms with Gasteiger partial charge in [0.15, 0.2) is 6.61 Å². The third-order valence-corrected chi connectivity index (χ3v) is 6.60. The summed E-state index contributed by atoms with van der Waals surface area (Å²) >= 11 is 12.6. The van der Waals surface area contributed by atoms with Gasteiger partial charge in [-0.2, -0.15) is 0 Å². The van der Waals surface area contributed by atoms with E-state index in [2.05, 4.69) is 5.32 Å². The highest BCUT2D eigenvalue weighted by atomic mass is 35.5. The number of hydrogen-bond donors (Lipinski definition) is 1. The van der Waals surface area contributed by atoms with Gasteiger partial charge in [0.2, 0.25) is 5.91 Å². The third-order valence-electron chi connectivity index (χ3n) is 6.01. The molecule has 0 heterocycles. The summed E-state index contributed by atoms with van der Waals surface area (Å²) in [4.78, 5) is 28.7. The van der Waals surface area contributed by atoms with Crippen molar-refractivity contribution >= 4 is 35.0 Å². The number of nitrogens with zero attached hydrogens (tertiary/aromatic N) is 1. The van der Waals surface area contributed by atoms with Gasteiger partial charge in [0.25, 0.3) is 5.91 Å². The van der Waals surface area contributed by atoms with Crippen molar-refractivity contribution < 1.29 is 14.3 Å². The van der Waals surface area contributed by atoms with Crippen LogP contribution in [0.1, 0.15) is 37.0 Å². The van der Waals surface area contributed by atoms with Crippen molar-refractivity contribution in [3.63, 3.8) is 0 Å². The molecule has 0 bridgehead atoms. The van der Waals surface area contributed by atoms with Crippen molar-refractivity contribution in [3.8, 4) is 5.75 Å². The van der Waals surface area contributed by atoms with E-state index >= 15 is 0 Å². The molecule has 2 amide bonds. The Bertz CT molecular complexity index is 1150. The van der Waals surface area contributed by atoms with E-state index in [9.17, 15) is 9.59 Å². The van der Waals surface area contributed by atoms with Crippen molar-refractivity contribution in [3.05, 3.63) is 99.5 Å². The quantitative estimate of drug-likeness (QED) is 0.322. The van der Waals surface area contributed by atoms with Gasteiger partial charge in [0.1, 0.15) is 11.8 Å². The average Bonchev–Trinajstić information content (AvgIpc) is 2.87. The molecule has 190 valence electrons. The number of benzene rings is 3. The molecule has 36 heavy (non-hydrogen) atoms. The second-order valence-corrected chi connectivity index (χ2v) is 9.73. The van der Waals surface area contributed by atoms with Gasteiger partial charge in [-0.3, -0.25) is 9.59 Å². The van der Waals surface area contributed by atoms with Gasteiger partial charge in [0.05, 0.1) is 0 Å². The molecule has 0 aliphatic carbocycles. The van der Waals surface area contributed by atoms with Gasteiger partial charge in [-0.05, 0) is 55.7 Å². The summed E-state index contributed by atoms with van der Waals surface area (Å²) < 4.78 is 5.80. The molecule has 0 saturated carbocycles. The normalized spacial score (nSPS) is 12.5. The summed E-state index contributed by atoms with van der Waals surface area (Å²) in [6, 6.07) is 21.5. The zero-order valence-electron chi connectivity index (χ0n) is 20.8. The lowest BCUT2D eigenvalue weighted by molar-refractivity contribution is -0.143. The maximum absolute atomic E-state index is 13.6. The summed E-state index contributed by atoms with van der Waals surface area (Å²) in [7, 11) is 0. The van der Waals surface area contributed by atoms with Gasteiger partial charge in [0, 0.05) is 29.1 Å². The van der Waals surface area contributed by atoms with E-state index in [1.54, 1.807) is 23.1 Å². The van der Waals surface area contributed by atoms with Crippen LogP contribution in [0.5, 0.6) is 5.75 Å². The molecule has 3 rings (SSSR count). The standard InChI is InChI=1S/C29H32Cl2N2O3/c1-4-21(3)32-29(35)27(16-22-8-6-5-7-9-22)33(18-23-12-13-24(30)17-26(23)31)28(34)19-36-25-14-10-20(2)11-15-25/h5-15,17,21,27H,4,16,18-19H2,1-3H3,(H,32,35)/t21-,27+/m0/s1. The molecule has 0 unspecified atom stereocenters. The summed E-state index contributed by atoms with van der Waals surface area (Å²) in [6.07, 6.45) is 1.13. The van der Waals surface area contributed by atoms with E-state index in [4.69, 9.17) is 27.9 Å². The zero-order chi connectivity index (χ0) is 26.1. The highest BCUT2D eigenvalue weighted by Crippen LogP contribution is 2.24. The number of rotatable bonds is 11. The van der Waals surface area contributed by atoms with Gasteiger partial charge in [-0.25, -0.2) is 0 Å². The van der Waals surface area contributed by atoms with Crippen LogP contribution in [0.4, 0.5) is 0 Å². The molecular formula is C29H32Cl2N2O3. The maximum atomic E-state index is 13.6. The first-order chi connectivity index (χ1) is 17.3. The van der Waals surface area contributed by atoms with Gasteiger partial charge < -0.3 is 15.0 Å². The predicted octanol–water partition coefficient (Wildman–Crippen LogP) is 6.24. The second-order valence-electron chi connectivity index (χ2n) is 8.88. The molecule has 0 spiro atoms. The number of aryl methyl sites for hydroxylation is 1. The van der Waals surface area contributed by atoms with E-state index in [1.807, 2.05) is 75.4 Å². The minimum atomic E-state index is -0.762. The van der Waals surface area contributed by atoms with E-state index in [-0.39, 0.29) is 31.0 Å². The average molecular weight is 527 g/mol. The van der Waals surface area contributed by atoms with Crippen LogP contribution in [-0.4, -0.2) is 35.4 Å². The van der Waals surface area contributed by atoms with Crippen molar-refractivity contribution in [1.82, 2.24) is 10.2 Å². The largest absolute Gasteiger partial charge is 0.484 e. The maximum Gasteiger partial charge on any atom is 0.261 e. The smallest absolute Gasteiger partial charge is 0.261 e. The lowest BCUT2D eigenvalue weighted by Crippen LogP contribution is -2.53. The molecule has 7 heteroatoms. The number of amides is 2. The molecule has 3 aromatic carbocycles. The number of halogens is 2. The zero-order valence-corrected chi connectivity index (χ0v) is 22.4. The first kappa shape index (κ1) is 27.6. The number of carbonyl (C=O) groups excluding carboxylic acids is 2. The van der Waals surface area contributed by atoms with Crippen LogP contribution < -0.4 is 10.1 Å². The molecule has 0 aliphatic rings. The SMILES string of the molecule is CC[C@H](C)NC(=O)[C@@H](Cc1ccccc1)N(Cc1ccc(Cl)cc1Cl)C(=O)COc1ccc(C)cc1. The summed E-state index contributed by atoms with van der Waals surface area (Å²) in [5.41, 5.74) is 2.73. The Kier molecular flexibility index (Phi) is 10.2. The van der Waals surface area contributed by atoms with E-state index < -0.39 is 6.04 Å². The lowest BCUT2D eigenvalue weighted by Gasteiger charge is -2.32. The molecule has 0 fully saturated rings. The number of nitrogens with one attached hydrogen (secondary N) is 1. The predicted molar refractivity (Wildman–Crippen MR) is 146 cm³/mol. The van der Waals surface area contributed by atoms with Crippen LogP contribution in [0.25, 0.3) is 0 Å². The number of ether oxygens (including phenoxy) is 1. The molecule has 2 atom stereocenters. The highest BCUT2D eigenvalue weighted by molar-refractivity contribution is 6.35. The topological polar surface area (TPSA) is 58.6 Å². The minimum absolute atomic E-state index is 0.0318. The summed E-state index contributed by atoms with van der Waals surface area (Å²) in [5.74, 6) is 0.0471. The lowest BCUT2D eigenvalue weighted by atomic mass is 10.0. The van der Waals surface area contributed by atoms with Gasteiger partial charge in [-0.1, -0.05) is 84.2 Å². The van der Waals surface area contributed by atoms with Crippen LogP contribution in [0.3, 0.4) is 0 Å². The first-order valence-corrected chi connectivity index (χ1v) is 12.8. The molecule has 0 saturated heterocycles. The molecule has 3 aromatic rings. The number of hydrogen-bond acceptors (Lipinski definition) is 3. The molecular weight excluding hydrogens is 495 g/mol. The Labute approximate surface area is 223 Å². The van der Waals surface area contributed by atoms with Gasteiger partial charge in [-0.15, -0.1) is 0 Å². The molecule has 0 aliphatic heterocycles. The van der Waals surface area contributed by atoms with Crippen molar-refractivity contribution in [2.75, 3.05) is 6.61 Å². The fourth-order valence-corrected chi connectivity index (χ4v) is 4.16. The van der Waals surface area contributed by atoms with E-state index in [0.717, 1.165) is 17.5 Å². The van der Waals surface area contributed by atoms with Crippen LogP contribution >= 0.6 is 23.2 Å². The monoisotopic (exact) mass is 526 g/mol. The van der Waals surface area contributed by atoms with E-state index in [0.29, 0.717) is 27.8 Å². The van der Waals surface area contributed by atoms with Gasteiger partial charge >= 0.3 is 0 Å². The third kappa shape index (κ3) is 8.00. The first-order valence-electron chi connectivity index (χ1n) is 12.0. The van der Waals surface area contributed by atoms with Crippen LogP contribution in [0.2, 0.25) is 10.0 Å². The van der Waals surface area contributed by atoms with Crippen LogP contribution in [0.15, 0.2) is 72.8 Å². The fraction of sp³-hybridized carbons (Fsp3) is 0.310. The Balaban J connectivity index is 1.93. The Morgan fingerprint density at radius 3 is 2.33 bits per heavy atom. The number of carbonyl (C=O) groups is 2. The van der Waals surface area contributed by atoms with E-state index in [1.165, 1.54) is 0 Å². The molecule has 0 radical (unpaired) electrons. The Morgan fingerprint density at radius 2 is 1.69 bits per heavy atom. The van der Waals surface area contributed by atoms with Crippen LogP contribution in [0, 0.1) is 6.92 Å². The van der Waals surface area contributed by atoms with Crippen LogP contribution in [-0.2, 0) is 22.6 Å². The highest BCUT2D eigenvalue weighted by Gasteiger charge is 2.31. The Morgan fingerprint density at radius 1 is 1.00 bits per heavy atom. The Hall–Kier alpha value is -3.02. The van der Waals surface area contributed by atoms with Crippen molar-refractivity contribution in [2.45, 2.75) is 52.2 Å². The molecule has 1 N–H and O–H groups in total. The molecule has 0 aromatic heterocycles. The van der Waals surface area contributed by atoms with Crippen molar-refractivity contribution in [2.24, 2.45) is 0 Å². The second kappa shape index (κ2) is 13.3.